The molecule has 0 bridgehead atoms. The minimum absolute atomic E-state index is 0.153. The van der Waals surface area contributed by atoms with E-state index in [4.69, 9.17) is 23.2 Å². The number of aldehydes is 1. The fourth-order valence-electron chi connectivity index (χ4n) is 2.79. The Kier molecular flexibility index (Phi) is 6.25. The van der Waals surface area contributed by atoms with Crippen molar-refractivity contribution in [2.75, 3.05) is 4.90 Å². The van der Waals surface area contributed by atoms with Gasteiger partial charge < -0.3 is 20.4 Å². The second-order valence-electron chi connectivity index (χ2n) is 6.26. The van der Waals surface area contributed by atoms with Gasteiger partial charge in [-0.1, -0.05) is 35.3 Å². The Hall–Kier alpha value is -3.08. The van der Waals surface area contributed by atoms with E-state index in [2.05, 4.69) is 4.98 Å². The van der Waals surface area contributed by atoms with Gasteiger partial charge in [-0.3, -0.25) is 9.59 Å². The summed E-state index contributed by atoms with van der Waals surface area (Å²) >= 11 is 12.0. The van der Waals surface area contributed by atoms with Gasteiger partial charge in [-0.25, -0.2) is 14.3 Å². The zero-order chi connectivity index (χ0) is 22.9. The number of carbonyl (C=O) groups is 2. The monoisotopic (exact) mass is 466 g/mol. The lowest BCUT2D eigenvalue weighted by Gasteiger charge is -2.30. The summed E-state index contributed by atoms with van der Waals surface area (Å²) in [4.78, 5) is 27.4. The highest BCUT2D eigenvalue weighted by Gasteiger charge is 2.40. The van der Waals surface area contributed by atoms with Gasteiger partial charge in [-0.15, -0.1) is 0 Å². The van der Waals surface area contributed by atoms with E-state index in [1.54, 1.807) is 0 Å². The van der Waals surface area contributed by atoms with Gasteiger partial charge in [0.2, 0.25) is 0 Å². The number of hydrogen-bond acceptors (Lipinski definition) is 7. The number of aromatic hydroxyl groups is 1. The molecule has 2 aromatic carbocycles. The molecule has 11 heteroatoms. The van der Waals surface area contributed by atoms with Crippen LogP contribution in [0.15, 0.2) is 48.7 Å². The van der Waals surface area contributed by atoms with E-state index in [1.807, 2.05) is 0 Å². The van der Waals surface area contributed by atoms with Crippen LogP contribution in [0.4, 0.5) is 10.2 Å². The number of benzene rings is 2. The van der Waals surface area contributed by atoms with E-state index in [0.717, 1.165) is 18.3 Å². The van der Waals surface area contributed by atoms with Crippen LogP contribution < -0.4 is 4.90 Å². The standard InChI is InChI=1S/C20H13Cl2FN2O6/c21-13-5-4-10(9-26)6-12(13)11-7-16(27)18(24-8-11)25(20(29,30)31)19(28)17-14(22)2-1-3-15(17)23/h1-9,27,29-31H. The third-order valence-corrected chi connectivity index (χ3v) is 4.82. The highest BCUT2D eigenvalue weighted by Crippen LogP contribution is 2.36. The highest BCUT2D eigenvalue weighted by molar-refractivity contribution is 6.34. The molecule has 1 heterocycles. The molecule has 0 aliphatic carbocycles. The van der Waals surface area contributed by atoms with Crippen LogP contribution in [0.1, 0.15) is 20.7 Å². The number of carbonyl (C=O) groups excluding carboxylic acids is 2. The van der Waals surface area contributed by atoms with E-state index in [0.29, 0.717) is 11.8 Å². The Morgan fingerprint density at radius 2 is 1.81 bits per heavy atom. The second-order valence-corrected chi connectivity index (χ2v) is 7.08. The van der Waals surface area contributed by atoms with Gasteiger partial charge in [0.05, 0.1) is 10.6 Å². The smallest absolute Gasteiger partial charge is 0.377 e. The van der Waals surface area contributed by atoms with Crippen molar-refractivity contribution in [3.05, 3.63) is 75.7 Å². The predicted molar refractivity (Wildman–Crippen MR) is 109 cm³/mol. The summed E-state index contributed by atoms with van der Waals surface area (Å²) in [5.74, 6) is -4.22. The zero-order valence-corrected chi connectivity index (χ0v) is 16.8. The Morgan fingerprint density at radius 1 is 1.10 bits per heavy atom. The molecule has 3 aromatic rings. The van der Waals surface area contributed by atoms with Crippen molar-refractivity contribution in [3.63, 3.8) is 0 Å². The quantitative estimate of drug-likeness (QED) is 0.335. The Bertz CT molecular complexity index is 1160. The number of amides is 1. The molecule has 3 rings (SSSR count). The van der Waals surface area contributed by atoms with Gasteiger partial charge in [0.1, 0.15) is 12.1 Å². The molecule has 160 valence electrons. The van der Waals surface area contributed by atoms with Crippen LogP contribution in [0.2, 0.25) is 10.0 Å². The second kappa shape index (κ2) is 8.58. The molecule has 0 saturated carbocycles. The van der Waals surface area contributed by atoms with Crippen molar-refractivity contribution in [1.82, 2.24) is 4.98 Å². The number of nitrogens with zero attached hydrogens (tertiary/aromatic N) is 2. The summed E-state index contributed by atoms with van der Waals surface area (Å²) in [6, 6.07) is 8.66. The zero-order valence-electron chi connectivity index (χ0n) is 15.3. The van der Waals surface area contributed by atoms with E-state index >= 15 is 0 Å². The lowest BCUT2D eigenvalue weighted by molar-refractivity contribution is -0.304. The van der Waals surface area contributed by atoms with Gasteiger partial charge in [0.25, 0.3) is 5.91 Å². The number of halogens is 3. The van der Waals surface area contributed by atoms with Crippen molar-refractivity contribution in [2.24, 2.45) is 0 Å². The highest BCUT2D eigenvalue weighted by atomic mass is 35.5. The molecular weight excluding hydrogens is 454 g/mol. The topological polar surface area (TPSA) is 131 Å². The fraction of sp³-hybridized carbons (Fsp3) is 0.0500. The third kappa shape index (κ3) is 4.50. The SMILES string of the molecule is O=Cc1ccc(Cl)c(-c2cnc(N(C(=O)c3c(F)cccc3Cl)C(O)(O)O)c(O)c2)c1. The number of hydrogen-bond donors (Lipinski definition) is 4. The number of pyridine rings is 1. The fourth-order valence-corrected chi connectivity index (χ4v) is 3.26. The number of aliphatic hydroxyl groups is 3. The molecule has 1 amide bonds. The minimum atomic E-state index is -3.87. The first-order chi connectivity index (χ1) is 14.5. The molecule has 0 radical (unpaired) electrons. The molecular formula is C20H13Cl2FN2O6. The van der Waals surface area contributed by atoms with Crippen LogP contribution in [0.5, 0.6) is 5.75 Å². The Balaban J connectivity index is 2.12. The predicted octanol–water partition coefficient (Wildman–Crippen LogP) is 2.95. The first-order valence-electron chi connectivity index (χ1n) is 8.44. The maximum atomic E-state index is 14.2. The van der Waals surface area contributed by atoms with Crippen molar-refractivity contribution in [3.8, 4) is 16.9 Å². The van der Waals surface area contributed by atoms with Crippen LogP contribution in [-0.4, -0.2) is 43.7 Å². The number of anilines is 1. The van der Waals surface area contributed by atoms with Crippen LogP contribution >= 0.6 is 23.2 Å². The van der Waals surface area contributed by atoms with Crippen molar-refractivity contribution in [2.45, 2.75) is 6.10 Å². The molecule has 0 atom stereocenters. The van der Waals surface area contributed by atoms with E-state index < -0.39 is 35.0 Å². The summed E-state index contributed by atoms with van der Waals surface area (Å²) in [5.41, 5.74) is -0.00338. The summed E-state index contributed by atoms with van der Waals surface area (Å²) in [6.45, 7) is 0. The maximum absolute atomic E-state index is 14.2. The molecule has 0 aliphatic rings. The molecule has 0 saturated heterocycles. The largest absolute Gasteiger partial charge is 0.504 e. The first-order valence-corrected chi connectivity index (χ1v) is 9.20. The normalized spacial score (nSPS) is 11.3. The van der Waals surface area contributed by atoms with Crippen molar-refractivity contribution < 1.29 is 34.4 Å². The average Bonchev–Trinajstić information content (AvgIpc) is 2.68. The van der Waals surface area contributed by atoms with Gasteiger partial charge >= 0.3 is 6.10 Å². The van der Waals surface area contributed by atoms with Gasteiger partial charge in [-0.2, -0.15) is 0 Å². The van der Waals surface area contributed by atoms with E-state index in [-0.39, 0.29) is 26.1 Å². The Morgan fingerprint density at radius 3 is 2.39 bits per heavy atom. The average molecular weight is 467 g/mol. The number of aromatic nitrogens is 1. The molecule has 31 heavy (non-hydrogen) atoms. The lowest BCUT2D eigenvalue weighted by Crippen LogP contribution is -2.53. The lowest BCUT2D eigenvalue weighted by atomic mass is 10.0. The summed E-state index contributed by atoms with van der Waals surface area (Å²) < 4.78 is 14.2. The third-order valence-electron chi connectivity index (χ3n) is 4.18. The molecule has 0 aliphatic heterocycles. The van der Waals surface area contributed by atoms with Crippen LogP contribution in [-0.2, 0) is 0 Å². The summed E-state index contributed by atoms with van der Waals surface area (Å²) in [6.07, 6.45) is -2.21. The molecule has 0 unspecified atom stereocenters. The number of rotatable bonds is 5. The molecule has 0 fully saturated rings. The Labute approximate surface area is 184 Å². The van der Waals surface area contributed by atoms with Crippen molar-refractivity contribution >= 4 is 41.2 Å². The van der Waals surface area contributed by atoms with Crippen LogP contribution in [0.25, 0.3) is 11.1 Å². The van der Waals surface area contributed by atoms with Gasteiger partial charge in [0, 0.05) is 27.9 Å². The van der Waals surface area contributed by atoms with Crippen LogP contribution in [0.3, 0.4) is 0 Å². The first kappa shape index (κ1) is 22.6. The molecule has 8 nitrogen and oxygen atoms in total. The minimum Gasteiger partial charge on any atom is -0.504 e. The molecule has 1 aromatic heterocycles. The summed E-state index contributed by atoms with van der Waals surface area (Å²) in [7, 11) is 0. The van der Waals surface area contributed by atoms with Gasteiger partial charge in [0.15, 0.2) is 11.6 Å². The molecule has 4 N–H and O–H groups in total. The summed E-state index contributed by atoms with van der Waals surface area (Å²) in [5, 5.41) is 39.4. The van der Waals surface area contributed by atoms with Gasteiger partial charge in [-0.05, 0) is 30.3 Å². The molecule has 0 spiro atoms. The van der Waals surface area contributed by atoms with Crippen molar-refractivity contribution in [1.29, 1.82) is 0 Å². The van der Waals surface area contributed by atoms with E-state index in [1.165, 1.54) is 30.3 Å². The van der Waals surface area contributed by atoms with E-state index in [9.17, 15) is 34.4 Å². The van der Waals surface area contributed by atoms with Crippen LogP contribution in [0, 0.1) is 5.82 Å². The maximum Gasteiger partial charge on any atom is 0.377 e.